The van der Waals surface area contributed by atoms with Crippen molar-refractivity contribution in [1.82, 2.24) is 9.97 Å². The number of benzene rings is 2. The molecule has 1 atom stereocenters. The number of aromatic nitrogens is 2. The van der Waals surface area contributed by atoms with Crippen LogP contribution in [-0.2, 0) is 0 Å². The van der Waals surface area contributed by atoms with Gasteiger partial charge in [0.1, 0.15) is 0 Å². The van der Waals surface area contributed by atoms with Crippen LogP contribution in [-0.4, -0.2) is 9.97 Å². The first kappa shape index (κ1) is 11.8. The van der Waals surface area contributed by atoms with E-state index in [-0.39, 0.29) is 6.04 Å². The number of nitrogens with zero attached hydrogens (tertiary/aromatic N) is 2. The highest BCUT2D eigenvalue weighted by atomic mass is 14.8. The van der Waals surface area contributed by atoms with Crippen molar-refractivity contribution in [2.24, 2.45) is 5.73 Å². The fourth-order valence-electron chi connectivity index (χ4n) is 2.14. The van der Waals surface area contributed by atoms with E-state index in [0.29, 0.717) is 0 Å². The molecule has 3 aromatic rings. The van der Waals surface area contributed by atoms with Gasteiger partial charge in [-0.2, -0.15) is 0 Å². The lowest BCUT2D eigenvalue weighted by molar-refractivity contribution is 0.814. The molecule has 3 nitrogen and oxygen atoms in total. The Bertz CT molecular complexity index is 705. The van der Waals surface area contributed by atoms with Gasteiger partial charge in [0.15, 0.2) is 0 Å². The van der Waals surface area contributed by atoms with Gasteiger partial charge in [0.2, 0.25) is 0 Å². The van der Waals surface area contributed by atoms with Crippen molar-refractivity contribution in [1.29, 1.82) is 0 Å². The van der Waals surface area contributed by atoms with E-state index in [2.05, 4.69) is 40.3 Å². The molecule has 0 aliphatic carbocycles. The first-order chi connectivity index (χ1) is 9.24. The maximum atomic E-state index is 6.25. The monoisotopic (exact) mass is 249 g/mol. The molecule has 0 radical (unpaired) electrons. The molecule has 0 aliphatic rings. The van der Waals surface area contributed by atoms with Crippen molar-refractivity contribution in [2.75, 3.05) is 0 Å². The van der Waals surface area contributed by atoms with E-state index in [9.17, 15) is 0 Å². The van der Waals surface area contributed by atoms with Crippen molar-refractivity contribution in [3.05, 3.63) is 71.8 Å². The SMILES string of the molecule is Cc1cnc(C(N)c2ccc3ccccc3c2)cn1. The molecule has 0 amide bonds. The van der Waals surface area contributed by atoms with E-state index in [1.54, 1.807) is 12.4 Å². The number of hydrogen-bond donors (Lipinski definition) is 1. The zero-order valence-electron chi connectivity index (χ0n) is 10.7. The summed E-state index contributed by atoms with van der Waals surface area (Å²) >= 11 is 0. The predicted octanol–water partition coefficient (Wildman–Crippen LogP) is 2.99. The van der Waals surface area contributed by atoms with E-state index >= 15 is 0 Å². The first-order valence-corrected chi connectivity index (χ1v) is 6.27. The smallest absolute Gasteiger partial charge is 0.0799 e. The topological polar surface area (TPSA) is 51.8 Å². The van der Waals surface area contributed by atoms with Crippen LogP contribution in [0.4, 0.5) is 0 Å². The average Bonchev–Trinajstić information content (AvgIpc) is 2.47. The summed E-state index contributed by atoms with van der Waals surface area (Å²) in [5.41, 5.74) is 9.00. The molecular weight excluding hydrogens is 234 g/mol. The fourth-order valence-corrected chi connectivity index (χ4v) is 2.14. The van der Waals surface area contributed by atoms with E-state index in [1.165, 1.54) is 10.8 Å². The van der Waals surface area contributed by atoms with Gasteiger partial charge in [0.25, 0.3) is 0 Å². The lowest BCUT2D eigenvalue weighted by Crippen LogP contribution is -2.13. The van der Waals surface area contributed by atoms with Gasteiger partial charge in [-0.05, 0) is 29.3 Å². The van der Waals surface area contributed by atoms with E-state index < -0.39 is 0 Å². The Morgan fingerprint density at radius 1 is 0.947 bits per heavy atom. The summed E-state index contributed by atoms with van der Waals surface area (Å²) in [5.74, 6) is 0. The van der Waals surface area contributed by atoms with Gasteiger partial charge < -0.3 is 5.73 Å². The zero-order valence-corrected chi connectivity index (χ0v) is 10.7. The van der Waals surface area contributed by atoms with Crippen molar-refractivity contribution < 1.29 is 0 Å². The summed E-state index contributed by atoms with van der Waals surface area (Å²) < 4.78 is 0. The second-order valence-electron chi connectivity index (χ2n) is 4.67. The maximum Gasteiger partial charge on any atom is 0.0799 e. The van der Waals surface area contributed by atoms with Gasteiger partial charge in [-0.3, -0.25) is 9.97 Å². The zero-order chi connectivity index (χ0) is 13.2. The summed E-state index contributed by atoms with van der Waals surface area (Å²) in [4.78, 5) is 8.59. The van der Waals surface area contributed by atoms with Crippen LogP contribution in [0.1, 0.15) is 23.0 Å². The number of hydrogen-bond acceptors (Lipinski definition) is 3. The lowest BCUT2D eigenvalue weighted by Gasteiger charge is -2.12. The van der Waals surface area contributed by atoms with E-state index in [1.807, 2.05) is 19.1 Å². The van der Waals surface area contributed by atoms with Crippen molar-refractivity contribution in [3.63, 3.8) is 0 Å². The molecule has 0 bridgehead atoms. The van der Waals surface area contributed by atoms with Gasteiger partial charge in [-0.1, -0.05) is 36.4 Å². The molecule has 0 aliphatic heterocycles. The third-order valence-electron chi connectivity index (χ3n) is 3.25. The van der Waals surface area contributed by atoms with Crippen LogP contribution in [0.15, 0.2) is 54.9 Å². The molecule has 19 heavy (non-hydrogen) atoms. The molecular formula is C16H15N3. The molecule has 1 heterocycles. The third-order valence-corrected chi connectivity index (χ3v) is 3.25. The number of aryl methyl sites for hydroxylation is 1. The predicted molar refractivity (Wildman–Crippen MR) is 76.7 cm³/mol. The molecule has 94 valence electrons. The van der Waals surface area contributed by atoms with Gasteiger partial charge in [-0.25, -0.2) is 0 Å². The molecule has 1 aromatic heterocycles. The van der Waals surface area contributed by atoms with Crippen LogP contribution in [0, 0.1) is 6.92 Å². The summed E-state index contributed by atoms with van der Waals surface area (Å²) in [6.07, 6.45) is 3.49. The Labute approximate surface area is 112 Å². The van der Waals surface area contributed by atoms with Crippen LogP contribution in [0.2, 0.25) is 0 Å². The van der Waals surface area contributed by atoms with Crippen LogP contribution in [0.5, 0.6) is 0 Å². The molecule has 2 aromatic carbocycles. The summed E-state index contributed by atoms with van der Waals surface area (Å²) in [5, 5.41) is 2.41. The molecule has 0 spiro atoms. The summed E-state index contributed by atoms with van der Waals surface area (Å²) in [7, 11) is 0. The molecule has 0 saturated heterocycles. The van der Waals surface area contributed by atoms with Gasteiger partial charge in [-0.15, -0.1) is 0 Å². The Kier molecular flexibility index (Phi) is 2.97. The van der Waals surface area contributed by atoms with Crippen molar-refractivity contribution >= 4 is 10.8 Å². The largest absolute Gasteiger partial charge is 0.319 e. The van der Waals surface area contributed by atoms with Gasteiger partial charge in [0, 0.05) is 6.20 Å². The highest BCUT2D eigenvalue weighted by Crippen LogP contribution is 2.22. The third kappa shape index (κ3) is 2.33. The second kappa shape index (κ2) is 4.78. The number of fused-ring (bicyclic) bond motifs is 1. The van der Waals surface area contributed by atoms with Crippen LogP contribution >= 0.6 is 0 Å². The van der Waals surface area contributed by atoms with Gasteiger partial charge >= 0.3 is 0 Å². The normalized spacial score (nSPS) is 12.5. The Hall–Kier alpha value is -2.26. The average molecular weight is 249 g/mol. The summed E-state index contributed by atoms with van der Waals surface area (Å²) in [6, 6.07) is 14.3. The number of rotatable bonds is 2. The minimum absolute atomic E-state index is 0.238. The Morgan fingerprint density at radius 3 is 2.47 bits per heavy atom. The molecule has 0 fully saturated rings. The Morgan fingerprint density at radius 2 is 1.74 bits per heavy atom. The lowest BCUT2D eigenvalue weighted by atomic mass is 10.0. The quantitative estimate of drug-likeness (QED) is 0.759. The molecule has 0 saturated carbocycles. The number of nitrogens with two attached hydrogens (primary N) is 1. The van der Waals surface area contributed by atoms with Crippen LogP contribution in [0.3, 0.4) is 0 Å². The standard InChI is InChI=1S/C16H15N3/c1-11-9-19-15(10-18-11)16(17)14-7-6-12-4-2-3-5-13(12)8-14/h2-10,16H,17H2,1H3. The first-order valence-electron chi connectivity index (χ1n) is 6.27. The molecule has 2 N–H and O–H groups in total. The molecule has 1 unspecified atom stereocenters. The van der Waals surface area contributed by atoms with E-state index in [4.69, 9.17) is 5.73 Å². The Balaban J connectivity index is 2.01. The van der Waals surface area contributed by atoms with Crippen molar-refractivity contribution in [2.45, 2.75) is 13.0 Å². The van der Waals surface area contributed by atoms with Crippen molar-refractivity contribution in [3.8, 4) is 0 Å². The highest BCUT2D eigenvalue weighted by molar-refractivity contribution is 5.83. The van der Waals surface area contributed by atoms with Gasteiger partial charge in [0.05, 0.1) is 23.6 Å². The molecule has 3 heteroatoms. The van der Waals surface area contributed by atoms with Crippen LogP contribution < -0.4 is 5.73 Å². The highest BCUT2D eigenvalue weighted by Gasteiger charge is 2.11. The minimum atomic E-state index is -0.238. The minimum Gasteiger partial charge on any atom is -0.319 e. The molecule has 3 rings (SSSR count). The second-order valence-corrected chi connectivity index (χ2v) is 4.67. The van der Waals surface area contributed by atoms with E-state index in [0.717, 1.165) is 17.0 Å². The fraction of sp³-hybridized carbons (Fsp3) is 0.125. The van der Waals surface area contributed by atoms with Crippen LogP contribution in [0.25, 0.3) is 10.8 Å². The maximum absolute atomic E-state index is 6.25. The summed E-state index contributed by atoms with van der Waals surface area (Å²) in [6.45, 7) is 1.92.